The fourth-order valence-electron chi connectivity index (χ4n) is 4.92. The minimum Gasteiger partial charge on any atom is -0.480 e. The molecule has 1 N–H and O–H groups in total. The van der Waals surface area contributed by atoms with E-state index >= 15 is 0 Å². The molecular weight excluding hydrogens is 436 g/mol. The lowest BCUT2D eigenvalue weighted by atomic mass is 9.84. The maximum Gasteiger partial charge on any atom is 0.226 e. The van der Waals surface area contributed by atoms with Gasteiger partial charge < -0.3 is 19.9 Å². The molecule has 0 aliphatic carbocycles. The highest BCUT2D eigenvalue weighted by molar-refractivity contribution is 5.85. The first-order valence-electron chi connectivity index (χ1n) is 11.7. The van der Waals surface area contributed by atoms with Gasteiger partial charge in [0.1, 0.15) is 24.2 Å². The third-order valence-corrected chi connectivity index (χ3v) is 6.76. The van der Waals surface area contributed by atoms with Gasteiger partial charge in [0.25, 0.3) is 0 Å². The van der Waals surface area contributed by atoms with Gasteiger partial charge in [-0.3, -0.25) is 0 Å². The fourth-order valence-corrected chi connectivity index (χ4v) is 4.92. The molecule has 0 fully saturated rings. The van der Waals surface area contributed by atoms with Crippen LogP contribution < -0.4 is 19.9 Å². The van der Waals surface area contributed by atoms with E-state index in [4.69, 9.17) is 4.74 Å². The summed E-state index contributed by atoms with van der Waals surface area (Å²) in [5.41, 5.74) is 7.72. The second-order valence-corrected chi connectivity index (χ2v) is 9.35. The number of hydrogen-bond acceptors (Lipinski definition) is 6. The number of nitrogens with zero attached hydrogens (tertiary/aromatic N) is 5. The van der Waals surface area contributed by atoms with E-state index in [0.29, 0.717) is 0 Å². The molecule has 0 radical (unpaired) electrons. The second kappa shape index (κ2) is 8.20. The van der Waals surface area contributed by atoms with Crippen LogP contribution in [0.1, 0.15) is 28.8 Å². The summed E-state index contributed by atoms with van der Waals surface area (Å²) in [4.78, 5) is 8.73. The Morgan fingerprint density at radius 3 is 2.09 bits per heavy atom. The number of anilines is 3. The Kier molecular flexibility index (Phi) is 4.99. The van der Waals surface area contributed by atoms with Gasteiger partial charge in [-0.1, -0.05) is 36.4 Å². The summed E-state index contributed by atoms with van der Waals surface area (Å²) in [7, 11) is 8.20. The van der Waals surface area contributed by atoms with Crippen molar-refractivity contribution in [1.82, 2.24) is 14.8 Å². The molecule has 4 aromatic rings. The molecule has 2 aliphatic rings. The smallest absolute Gasteiger partial charge is 0.226 e. The van der Waals surface area contributed by atoms with Crippen LogP contribution in [0, 0.1) is 0 Å². The van der Waals surface area contributed by atoms with Crippen LogP contribution in [0.4, 0.5) is 17.3 Å². The van der Waals surface area contributed by atoms with E-state index in [9.17, 15) is 0 Å². The number of hydrogen-bond donors (Lipinski definition) is 1. The molecule has 7 heteroatoms. The van der Waals surface area contributed by atoms with Gasteiger partial charge >= 0.3 is 0 Å². The van der Waals surface area contributed by atoms with Crippen molar-refractivity contribution in [3.63, 3.8) is 0 Å². The van der Waals surface area contributed by atoms with Gasteiger partial charge in [-0.25, -0.2) is 4.68 Å². The summed E-state index contributed by atoms with van der Waals surface area (Å²) in [5.74, 6) is 1.58. The maximum absolute atomic E-state index is 6.71. The zero-order valence-corrected chi connectivity index (χ0v) is 20.3. The van der Waals surface area contributed by atoms with Crippen molar-refractivity contribution in [3.05, 3.63) is 101 Å². The molecule has 35 heavy (non-hydrogen) atoms. The molecule has 0 amide bonds. The molecule has 2 aliphatic heterocycles. The van der Waals surface area contributed by atoms with Crippen LogP contribution in [0.3, 0.4) is 0 Å². The Bertz CT molecular complexity index is 1400. The van der Waals surface area contributed by atoms with Gasteiger partial charge in [0.15, 0.2) is 0 Å². The first kappa shape index (κ1) is 21.3. The molecule has 2 atom stereocenters. The van der Waals surface area contributed by atoms with Crippen molar-refractivity contribution in [2.45, 2.75) is 12.1 Å². The van der Waals surface area contributed by atoms with Gasteiger partial charge in [0.05, 0.1) is 5.70 Å². The van der Waals surface area contributed by atoms with Crippen molar-refractivity contribution >= 4 is 23.0 Å². The largest absolute Gasteiger partial charge is 0.480 e. The quantitative estimate of drug-likeness (QED) is 0.460. The zero-order chi connectivity index (χ0) is 24.1. The lowest BCUT2D eigenvalue weighted by Crippen LogP contribution is -2.32. The molecule has 0 saturated carbocycles. The molecule has 0 saturated heterocycles. The van der Waals surface area contributed by atoms with E-state index in [1.807, 2.05) is 37.0 Å². The van der Waals surface area contributed by atoms with Crippen molar-refractivity contribution in [2.24, 2.45) is 0 Å². The van der Waals surface area contributed by atoms with Gasteiger partial charge in [-0.2, -0.15) is 10.1 Å². The minimum atomic E-state index is -0.278. The number of rotatable bonds is 4. The average molecular weight is 465 g/mol. The van der Waals surface area contributed by atoms with Gasteiger partial charge in [-0.05, 0) is 47.5 Å². The zero-order valence-electron chi connectivity index (χ0n) is 20.3. The Hall–Kier alpha value is -4.26. The second-order valence-electron chi connectivity index (χ2n) is 9.35. The lowest BCUT2D eigenvalue weighted by Gasteiger charge is -2.39. The predicted octanol–water partition coefficient (Wildman–Crippen LogP) is 4.97. The van der Waals surface area contributed by atoms with Crippen LogP contribution in [0.2, 0.25) is 0 Å². The van der Waals surface area contributed by atoms with E-state index in [1.54, 1.807) is 6.33 Å². The molecule has 0 spiro atoms. The summed E-state index contributed by atoms with van der Waals surface area (Å²) in [6.07, 6.45) is 1.33. The van der Waals surface area contributed by atoms with Gasteiger partial charge in [0, 0.05) is 50.7 Å². The monoisotopic (exact) mass is 464 g/mol. The van der Waals surface area contributed by atoms with Crippen molar-refractivity contribution in [3.8, 4) is 5.75 Å². The highest BCUT2D eigenvalue weighted by Crippen LogP contribution is 2.50. The fraction of sp³-hybridized carbons (Fsp3) is 0.214. The van der Waals surface area contributed by atoms with Crippen LogP contribution in [0.25, 0.3) is 5.70 Å². The average Bonchev–Trinajstić information content (AvgIpc) is 3.35. The summed E-state index contributed by atoms with van der Waals surface area (Å²) in [6, 6.07) is 25.2. The first-order chi connectivity index (χ1) is 17.0. The SMILES string of the molecule is CN(C)c1ccc([C@@H]2Oc3ccccc3C3=C2[C@@H](c2ccc(N(C)C)cc2)n2ncnc2N3)cc1. The molecule has 0 unspecified atom stereocenters. The molecular formula is C28H28N6O. The van der Waals surface area contributed by atoms with Gasteiger partial charge in [0.2, 0.25) is 5.95 Å². The molecule has 3 heterocycles. The number of para-hydroxylation sites is 1. The Morgan fingerprint density at radius 1 is 0.800 bits per heavy atom. The van der Waals surface area contributed by atoms with E-state index in [0.717, 1.165) is 51.0 Å². The third-order valence-electron chi connectivity index (χ3n) is 6.76. The molecule has 6 rings (SSSR count). The topological polar surface area (TPSA) is 58.5 Å². The highest BCUT2D eigenvalue weighted by atomic mass is 16.5. The molecule has 176 valence electrons. The van der Waals surface area contributed by atoms with E-state index in [2.05, 4.69) is 93.9 Å². The van der Waals surface area contributed by atoms with Gasteiger partial charge in [-0.15, -0.1) is 0 Å². The number of ether oxygens (including phenoxy) is 1. The van der Waals surface area contributed by atoms with Crippen LogP contribution in [-0.2, 0) is 0 Å². The lowest BCUT2D eigenvalue weighted by molar-refractivity contribution is 0.223. The number of benzene rings is 3. The number of nitrogens with one attached hydrogen (secondary N) is 1. The van der Waals surface area contributed by atoms with E-state index in [1.165, 1.54) is 0 Å². The van der Waals surface area contributed by atoms with Crippen molar-refractivity contribution < 1.29 is 4.74 Å². The van der Waals surface area contributed by atoms with Crippen LogP contribution in [0.15, 0.2) is 84.7 Å². The standard InChI is InChI=1S/C28H28N6O/c1-32(2)20-13-9-18(10-14-20)26-24-25(31-28-29-17-30-34(26)28)22-7-5-6-8-23(22)35-27(24)19-11-15-21(16-12-19)33(3)4/h5-17,26-27H,1-4H3,(H,29,30,31)/t26-,27+/m1/s1. The Morgan fingerprint density at radius 2 is 1.43 bits per heavy atom. The Balaban J connectivity index is 1.55. The molecule has 3 aromatic carbocycles. The Labute approximate surface area is 205 Å². The summed E-state index contributed by atoms with van der Waals surface area (Å²) in [5, 5.41) is 8.19. The predicted molar refractivity (Wildman–Crippen MR) is 140 cm³/mol. The van der Waals surface area contributed by atoms with E-state index in [-0.39, 0.29) is 12.1 Å². The number of fused-ring (bicyclic) bond motifs is 3. The van der Waals surface area contributed by atoms with Crippen LogP contribution >= 0.6 is 0 Å². The maximum atomic E-state index is 6.71. The van der Waals surface area contributed by atoms with Crippen molar-refractivity contribution in [2.75, 3.05) is 43.3 Å². The number of aromatic nitrogens is 3. The van der Waals surface area contributed by atoms with Crippen molar-refractivity contribution in [1.29, 1.82) is 0 Å². The first-order valence-corrected chi connectivity index (χ1v) is 11.7. The third kappa shape index (κ3) is 3.51. The summed E-state index contributed by atoms with van der Waals surface area (Å²) >= 11 is 0. The minimum absolute atomic E-state index is 0.160. The molecule has 0 bridgehead atoms. The van der Waals surface area contributed by atoms with Crippen LogP contribution in [-0.4, -0.2) is 43.0 Å². The molecule has 7 nitrogen and oxygen atoms in total. The molecule has 1 aromatic heterocycles. The van der Waals surface area contributed by atoms with Crippen LogP contribution in [0.5, 0.6) is 5.75 Å². The summed E-state index contributed by atoms with van der Waals surface area (Å²) < 4.78 is 8.67. The highest BCUT2D eigenvalue weighted by Gasteiger charge is 2.40. The summed E-state index contributed by atoms with van der Waals surface area (Å²) in [6.45, 7) is 0. The van der Waals surface area contributed by atoms with E-state index < -0.39 is 0 Å². The normalized spacial score (nSPS) is 18.1.